The number of nitrogens with zero attached hydrogens (tertiary/aromatic N) is 1. The fourth-order valence-corrected chi connectivity index (χ4v) is 12.1. The van der Waals surface area contributed by atoms with Crippen LogP contribution in [0.3, 0.4) is 0 Å². The summed E-state index contributed by atoms with van der Waals surface area (Å²) in [4.78, 5) is 26.1. The highest BCUT2D eigenvalue weighted by atomic mass is 35.5. The molecular formula is C44H58ClNO9S. The Morgan fingerprint density at radius 2 is 1.50 bits per heavy atom. The summed E-state index contributed by atoms with van der Waals surface area (Å²) in [5, 5.41) is 32.3. The van der Waals surface area contributed by atoms with Crippen molar-refractivity contribution in [3.63, 3.8) is 0 Å². The molecule has 12 heteroatoms. The number of carbonyl (C=O) groups excluding carboxylic acids is 2. The number of carbonyl (C=O) groups is 2. The van der Waals surface area contributed by atoms with Crippen LogP contribution in [0.25, 0.3) is 0 Å². The maximum absolute atomic E-state index is 12.6. The van der Waals surface area contributed by atoms with E-state index < -0.39 is 49.9 Å². The standard InChI is InChI=1S/C22H29ClO5.C21H25NO.CH4O3S/c1-12-8-16-15-5-4-13-9-14(25)6-7-19(13,2)21(15,23)17(26)10-20(16,3)22(12,28)18(27)11-24;1-22-18-12-13-19(22)15-20(14-18)23-21(16-8-4-2-5-9-16)17-10-6-3-7-11-17;1-5(2,3)4/h6-7,9,12,15-17,24,26,28H,4-5,8,10-11H2,1-3H3;2-11,18-21H,12-15H2,1H3;1H3,(H,2,3,4)/t12-,15-,16-,17-,19-,20-,21-,22-;18-,19+,20+;/m0../s1. The first-order valence-electron chi connectivity index (χ1n) is 19.8. The summed E-state index contributed by atoms with van der Waals surface area (Å²) in [6.45, 7) is 4.97. The van der Waals surface area contributed by atoms with Gasteiger partial charge in [0.05, 0.1) is 23.3 Å². The van der Waals surface area contributed by atoms with Gasteiger partial charge in [-0.25, -0.2) is 0 Å². The Bertz CT molecular complexity index is 1860. The molecule has 8 rings (SSSR count). The third-order valence-electron chi connectivity index (χ3n) is 14.4. The average molecular weight is 812 g/mol. The molecule has 0 unspecified atom stereocenters. The van der Waals surface area contributed by atoms with E-state index in [1.165, 1.54) is 42.9 Å². The minimum Gasteiger partial charge on any atom is -0.391 e. The number of benzene rings is 2. The monoisotopic (exact) mass is 811 g/mol. The summed E-state index contributed by atoms with van der Waals surface area (Å²) < 4.78 is 32.5. The summed E-state index contributed by atoms with van der Waals surface area (Å²) in [5.41, 5.74) is 0.259. The van der Waals surface area contributed by atoms with Crippen molar-refractivity contribution in [2.45, 2.75) is 113 Å². The van der Waals surface area contributed by atoms with Gasteiger partial charge < -0.3 is 25.0 Å². The number of hydrogen-bond acceptors (Lipinski definition) is 9. The van der Waals surface area contributed by atoms with Crippen LogP contribution in [0.1, 0.15) is 89.4 Å². The summed E-state index contributed by atoms with van der Waals surface area (Å²) >= 11 is 7.30. The van der Waals surface area contributed by atoms with Crippen LogP contribution in [0.5, 0.6) is 0 Å². The zero-order valence-corrected chi connectivity index (χ0v) is 34.6. The van der Waals surface area contributed by atoms with E-state index in [4.69, 9.17) is 20.9 Å². The largest absolute Gasteiger partial charge is 0.391 e. The van der Waals surface area contributed by atoms with E-state index in [1.54, 1.807) is 6.08 Å². The van der Waals surface area contributed by atoms with E-state index in [0.29, 0.717) is 43.7 Å². The molecule has 2 aromatic carbocycles. The molecule has 2 aliphatic heterocycles. The molecule has 0 spiro atoms. The maximum atomic E-state index is 12.6. The van der Waals surface area contributed by atoms with Gasteiger partial charge in [0.25, 0.3) is 10.1 Å². The lowest BCUT2D eigenvalue weighted by Crippen LogP contribution is -2.69. The maximum Gasteiger partial charge on any atom is 0.261 e. The summed E-state index contributed by atoms with van der Waals surface area (Å²) in [7, 11) is -1.38. The van der Waals surface area contributed by atoms with Gasteiger partial charge in [0, 0.05) is 22.9 Å². The van der Waals surface area contributed by atoms with E-state index in [1.807, 2.05) is 26.8 Å². The molecule has 2 heterocycles. The number of alkyl halides is 1. The van der Waals surface area contributed by atoms with Crippen molar-refractivity contribution in [3.05, 3.63) is 95.6 Å². The van der Waals surface area contributed by atoms with Gasteiger partial charge in [-0.15, -0.1) is 11.6 Å². The Morgan fingerprint density at radius 3 is 2.02 bits per heavy atom. The Morgan fingerprint density at radius 1 is 0.964 bits per heavy atom. The number of hydrogen-bond donors (Lipinski definition) is 4. The van der Waals surface area contributed by atoms with E-state index >= 15 is 0 Å². The lowest BCUT2D eigenvalue weighted by atomic mass is 9.45. The number of fused-ring (bicyclic) bond motifs is 7. The molecule has 0 aromatic heterocycles. The molecule has 0 radical (unpaired) electrons. The van der Waals surface area contributed by atoms with Crippen molar-refractivity contribution in [3.8, 4) is 0 Å². The molecule has 11 atom stereocenters. The molecule has 6 aliphatic rings. The van der Waals surface area contributed by atoms with Crippen molar-refractivity contribution >= 4 is 33.3 Å². The van der Waals surface area contributed by atoms with Gasteiger partial charge in [0.2, 0.25) is 0 Å². The van der Waals surface area contributed by atoms with Gasteiger partial charge in [0.15, 0.2) is 11.6 Å². The van der Waals surface area contributed by atoms with Crippen LogP contribution in [0.4, 0.5) is 0 Å². The molecule has 10 nitrogen and oxygen atoms in total. The van der Waals surface area contributed by atoms with Crippen LogP contribution in [0.15, 0.2) is 84.5 Å². The second-order valence-electron chi connectivity index (χ2n) is 17.5. The summed E-state index contributed by atoms with van der Waals surface area (Å²) in [6, 6.07) is 22.7. The zero-order valence-electron chi connectivity index (χ0n) is 33.1. The number of aliphatic hydroxyl groups is 3. The van der Waals surface area contributed by atoms with E-state index in [0.717, 1.165) is 5.57 Å². The van der Waals surface area contributed by atoms with Gasteiger partial charge in [-0.3, -0.25) is 14.1 Å². The molecule has 4 N–H and O–H groups in total. The van der Waals surface area contributed by atoms with E-state index in [9.17, 15) is 33.3 Å². The molecule has 306 valence electrons. The highest BCUT2D eigenvalue weighted by molar-refractivity contribution is 7.85. The molecule has 0 amide bonds. The average Bonchev–Trinajstić information content (AvgIpc) is 3.47. The fourth-order valence-electron chi connectivity index (χ4n) is 11.5. The smallest absolute Gasteiger partial charge is 0.261 e. The predicted octanol–water partition coefficient (Wildman–Crippen LogP) is 6.09. The van der Waals surface area contributed by atoms with Crippen molar-refractivity contribution < 1.29 is 42.6 Å². The molecule has 4 aliphatic carbocycles. The van der Waals surface area contributed by atoms with E-state index in [2.05, 4.69) is 72.6 Å². The van der Waals surface area contributed by atoms with E-state index in [-0.39, 0.29) is 36.1 Å². The predicted molar refractivity (Wildman–Crippen MR) is 216 cm³/mol. The Balaban J connectivity index is 0.000000172. The number of aliphatic hydroxyl groups excluding tert-OH is 2. The molecule has 2 saturated heterocycles. The fraction of sp³-hybridized carbons (Fsp3) is 0.591. The number of Topliss-reactive ketones (excluding diaryl/α,β-unsaturated/α-hetero) is 1. The first kappa shape index (κ1) is 42.9. The first-order valence-corrected chi connectivity index (χ1v) is 22.1. The van der Waals surface area contributed by atoms with Gasteiger partial charge in [-0.1, -0.05) is 93.1 Å². The van der Waals surface area contributed by atoms with Gasteiger partial charge >= 0.3 is 0 Å². The van der Waals surface area contributed by atoms with Crippen LogP contribution in [-0.2, 0) is 24.4 Å². The Kier molecular flexibility index (Phi) is 12.3. The zero-order chi connectivity index (χ0) is 40.8. The first-order chi connectivity index (χ1) is 26.3. The molecule has 2 aromatic rings. The van der Waals surface area contributed by atoms with Gasteiger partial charge in [0.1, 0.15) is 18.3 Å². The summed E-state index contributed by atoms with van der Waals surface area (Å²) in [6.07, 6.45) is 12.4. The number of rotatable bonds is 6. The number of ether oxygens (including phenoxy) is 1. The molecule has 3 saturated carbocycles. The summed E-state index contributed by atoms with van der Waals surface area (Å²) in [5.74, 6) is -1.15. The number of ketones is 2. The van der Waals surface area contributed by atoms with Gasteiger partial charge in [-0.2, -0.15) is 8.42 Å². The third-order valence-corrected chi connectivity index (χ3v) is 15.3. The topological polar surface area (TPSA) is 162 Å². The SMILES string of the molecule is CN1[C@@H]2CC[C@H]1C[C@@H](OC(c1ccccc1)c1ccccc1)C2.CS(=O)(=O)O.C[C@H]1C[C@H]2[C@@H]3CCC4=CC(=O)C=C[C@]4(C)[C@@]3(Cl)[C@@H](O)C[C@]2(C)[C@@]1(O)C(=O)CO. The Hall–Kier alpha value is -2.74. The minimum atomic E-state index is -3.67. The van der Waals surface area contributed by atoms with Crippen LogP contribution in [-0.4, -0.2) is 99.4 Å². The molecular weight excluding hydrogens is 754 g/mol. The molecule has 2 bridgehead atoms. The highest BCUT2D eigenvalue weighted by Crippen LogP contribution is 2.71. The second-order valence-corrected chi connectivity index (χ2v) is 19.6. The van der Waals surface area contributed by atoms with Crippen molar-refractivity contribution in [1.82, 2.24) is 4.90 Å². The number of piperidine rings is 1. The third kappa shape index (κ3) is 7.63. The molecule has 5 fully saturated rings. The van der Waals surface area contributed by atoms with Crippen LogP contribution in [0.2, 0.25) is 0 Å². The van der Waals surface area contributed by atoms with Gasteiger partial charge in [-0.05, 0) is 99.4 Å². The molecule has 56 heavy (non-hydrogen) atoms. The Labute approximate surface area is 336 Å². The lowest BCUT2D eigenvalue weighted by Gasteiger charge is -2.63. The quantitative estimate of drug-likeness (QED) is 0.199. The van der Waals surface area contributed by atoms with Crippen molar-refractivity contribution in [2.24, 2.45) is 28.6 Å². The van der Waals surface area contributed by atoms with Crippen LogP contribution >= 0.6 is 11.6 Å². The minimum absolute atomic E-state index is 0.0465. The van der Waals surface area contributed by atoms with Crippen LogP contribution < -0.4 is 0 Å². The van der Waals surface area contributed by atoms with Crippen molar-refractivity contribution in [1.29, 1.82) is 0 Å². The van der Waals surface area contributed by atoms with Crippen LogP contribution in [0, 0.1) is 28.6 Å². The normalized spacial score (nSPS) is 38.6. The number of allylic oxidation sites excluding steroid dienone is 4. The van der Waals surface area contributed by atoms with Crippen molar-refractivity contribution in [2.75, 3.05) is 19.9 Å². The highest BCUT2D eigenvalue weighted by Gasteiger charge is 2.74. The second kappa shape index (κ2) is 16.1. The number of halogens is 1. The lowest BCUT2D eigenvalue weighted by molar-refractivity contribution is -0.179.